The maximum Gasteiger partial charge on any atom is 0.177 e. The van der Waals surface area contributed by atoms with Crippen LogP contribution in [0.4, 0.5) is 0 Å². The number of ether oxygens (including phenoxy) is 2. The summed E-state index contributed by atoms with van der Waals surface area (Å²) >= 11 is 0. The fraction of sp³-hybridized carbons (Fsp3) is 0.524. The van der Waals surface area contributed by atoms with E-state index in [9.17, 15) is 0 Å². The van der Waals surface area contributed by atoms with Gasteiger partial charge >= 0.3 is 0 Å². The lowest BCUT2D eigenvalue weighted by molar-refractivity contribution is -0.227. The quantitative estimate of drug-likeness (QED) is 0.795. The number of benzene rings is 1. The van der Waals surface area contributed by atoms with E-state index >= 15 is 0 Å². The molecule has 2 fully saturated rings. The summed E-state index contributed by atoms with van der Waals surface area (Å²) in [4.78, 5) is 0. The highest BCUT2D eigenvalue weighted by Crippen LogP contribution is 2.32. The number of hydrogen-bond donors (Lipinski definition) is 0. The van der Waals surface area contributed by atoms with Gasteiger partial charge in [0.05, 0.1) is 26.0 Å². The van der Waals surface area contributed by atoms with Gasteiger partial charge in [-0.1, -0.05) is 37.1 Å². The Labute approximate surface area is 154 Å². The zero-order valence-electron chi connectivity index (χ0n) is 15.4. The molecule has 0 spiro atoms. The van der Waals surface area contributed by atoms with Crippen LogP contribution in [0.5, 0.6) is 0 Å². The lowest BCUT2D eigenvalue weighted by atomic mass is 9.96. The van der Waals surface area contributed by atoms with Gasteiger partial charge in [-0.05, 0) is 48.8 Å². The predicted molar refractivity (Wildman–Crippen MR) is 98.3 cm³/mol. The molecule has 1 aliphatic heterocycles. The van der Waals surface area contributed by atoms with Crippen molar-refractivity contribution in [3.05, 3.63) is 47.3 Å². The average molecular weight is 351 g/mol. The van der Waals surface area contributed by atoms with Crippen molar-refractivity contribution in [2.24, 2.45) is 11.3 Å². The maximum absolute atomic E-state index is 5.73. The first kappa shape index (κ1) is 17.3. The second-order valence-corrected chi connectivity index (χ2v) is 8.14. The summed E-state index contributed by atoms with van der Waals surface area (Å²) in [6.45, 7) is 6.17. The van der Waals surface area contributed by atoms with Gasteiger partial charge in [-0.2, -0.15) is 0 Å². The molecule has 0 amide bonds. The van der Waals surface area contributed by atoms with Crippen molar-refractivity contribution >= 4 is 0 Å². The number of rotatable bonds is 4. The largest absolute Gasteiger partial charge is 0.350 e. The minimum atomic E-state index is -0.274. The van der Waals surface area contributed by atoms with Crippen LogP contribution in [0.2, 0.25) is 0 Å². The van der Waals surface area contributed by atoms with Crippen molar-refractivity contribution in [2.75, 3.05) is 13.2 Å². The van der Waals surface area contributed by atoms with Gasteiger partial charge in [-0.3, -0.25) is 0 Å². The van der Waals surface area contributed by atoms with Gasteiger partial charge in [0.15, 0.2) is 12.0 Å². The molecule has 2 aliphatic rings. The summed E-state index contributed by atoms with van der Waals surface area (Å²) in [7, 11) is 0. The molecular formula is C21H25N3O2. The lowest BCUT2D eigenvalue weighted by Gasteiger charge is -2.34. The van der Waals surface area contributed by atoms with E-state index in [0.717, 1.165) is 11.5 Å². The molecule has 2 aromatic rings. The van der Waals surface area contributed by atoms with Gasteiger partial charge in [0, 0.05) is 11.0 Å². The number of nitrogens with zero attached hydrogens (tertiary/aromatic N) is 3. The Balaban J connectivity index is 1.33. The summed E-state index contributed by atoms with van der Waals surface area (Å²) in [5.74, 6) is 7.14. The van der Waals surface area contributed by atoms with Gasteiger partial charge in [-0.15, -0.1) is 5.10 Å². The van der Waals surface area contributed by atoms with Crippen molar-refractivity contribution in [3.63, 3.8) is 0 Å². The molecule has 1 saturated carbocycles. The Morgan fingerprint density at radius 3 is 2.54 bits per heavy atom. The molecular weight excluding hydrogens is 326 g/mol. The van der Waals surface area contributed by atoms with Gasteiger partial charge in [0.2, 0.25) is 0 Å². The molecule has 1 aromatic heterocycles. The third kappa shape index (κ3) is 4.72. The molecule has 0 N–H and O–H groups in total. The Bertz CT molecular complexity index is 800. The molecule has 1 aromatic carbocycles. The Kier molecular flexibility index (Phi) is 4.80. The predicted octanol–water partition coefficient (Wildman–Crippen LogP) is 3.03. The van der Waals surface area contributed by atoms with Gasteiger partial charge in [-0.25, -0.2) is 4.68 Å². The van der Waals surface area contributed by atoms with Crippen LogP contribution in [0.1, 0.15) is 43.5 Å². The number of aromatic nitrogens is 3. The minimum Gasteiger partial charge on any atom is -0.350 e. The van der Waals surface area contributed by atoms with Crippen molar-refractivity contribution in [1.82, 2.24) is 15.0 Å². The minimum absolute atomic E-state index is 0.0731. The van der Waals surface area contributed by atoms with Crippen LogP contribution < -0.4 is 0 Å². The highest BCUT2D eigenvalue weighted by atomic mass is 16.7. The highest BCUT2D eigenvalue weighted by Gasteiger charge is 2.28. The van der Waals surface area contributed by atoms with Crippen molar-refractivity contribution in [1.29, 1.82) is 0 Å². The normalized spacial score (nSPS) is 19.8. The van der Waals surface area contributed by atoms with E-state index in [1.165, 1.54) is 24.8 Å². The van der Waals surface area contributed by atoms with Gasteiger partial charge in [0.25, 0.3) is 0 Å². The van der Waals surface area contributed by atoms with Crippen molar-refractivity contribution in [3.8, 4) is 11.8 Å². The van der Waals surface area contributed by atoms with Gasteiger partial charge in [0.1, 0.15) is 0 Å². The zero-order valence-corrected chi connectivity index (χ0v) is 15.4. The summed E-state index contributed by atoms with van der Waals surface area (Å²) < 4.78 is 13.2. The zero-order chi connectivity index (χ0) is 18.0. The van der Waals surface area contributed by atoms with Crippen LogP contribution in [0.25, 0.3) is 0 Å². The van der Waals surface area contributed by atoms with Crippen LogP contribution in [0, 0.1) is 23.2 Å². The molecule has 5 nitrogen and oxygen atoms in total. The van der Waals surface area contributed by atoms with E-state index in [2.05, 4.69) is 60.3 Å². The van der Waals surface area contributed by atoms with Gasteiger partial charge < -0.3 is 9.47 Å². The third-order valence-electron chi connectivity index (χ3n) is 4.70. The van der Waals surface area contributed by atoms with Crippen molar-refractivity contribution in [2.45, 2.75) is 45.9 Å². The summed E-state index contributed by atoms with van der Waals surface area (Å²) in [6, 6.07) is 8.53. The molecule has 136 valence electrons. The first-order valence-electron chi connectivity index (χ1n) is 9.30. The van der Waals surface area contributed by atoms with Crippen LogP contribution in [0.15, 0.2) is 30.5 Å². The molecule has 26 heavy (non-hydrogen) atoms. The summed E-state index contributed by atoms with van der Waals surface area (Å²) in [5.41, 5.74) is 3.13. The van der Waals surface area contributed by atoms with E-state index in [1.54, 1.807) is 4.68 Å². The Morgan fingerprint density at radius 1 is 1.12 bits per heavy atom. The Hall–Kier alpha value is -2.16. The topological polar surface area (TPSA) is 49.2 Å². The summed E-state index contributed by atoms with van der Waals surface area (Å²) in [6.07, 6.45) is 5.52. The van der Waals surface area contributed by atoms with E-state index < -0.39 is 0 Å². The molecule has 0 bridgehead atoms. The fourth-order valence-corrected chi connectivity index (χ4v) is 2.95. The molecule has 0 radical (unpaired) electrons. The SMILES string of the molecule is CC1(C)COC(Cn2cc(C#Cc3ccc(CC4CC4)cc3)nn2)OC1. The van der Waals surface area contributed by atoms with Crippen LogP contribution >= 0.6 is 0 Å². The molecule has 2 heterocycles. The second-order valence-electron chi connectivity index (χ2n) is 8.14. The first-order valence-corrected chi connectivity index (χ1v) is 9.30. The maximum atomic E-state index is 5.73. The molecule has 0 unspecified atom stereocenters. The molecule has 0 atom stereocenters. The van der Waals surface area contributed by atoms with Crippen LogP contribution in [0.3, 0.4) is 0 Å². The lowest BCUT2D eigenvalue weighted by Crippen LogP contribution is -2.39. The third-order valence-corrected chi connectivity index (χ3v) is 4.70. The Morgan fingerprint density at radius 2 is 1.85 bits per heavy atom. The summed E-state index contributed by atoms with van der Waals surface area (Å²) in [5, 5.41) is 8.24. The first-order chi connectivity index (χ1) is 12.6. The van der Waals surface area contributed by atoms with E-state index in [1.807, 2.05) is 6.20 Å². The molecule has 5 heteroatoms. The smallest absolute Gasteiger partial charge is 0.177 e. The molecule has 1 aliphatic carbocycles. The number of hydrogen-bond acceptors (Lipinski definition) is 4. The highest BCUT2D eigenvalue weighted by molar-refractivity contribution is 5.40. The standard InChI is InChI=1S/C21H25N3O2/c1-21(2)14-25-20(26-15-21)13-24-12-19(22-23-24)10-9-16-3-5-17(6-4-16)11-18-7-8-18/h3-6,12,18,20H,7-8,11,13-15H2,1-2H3. The monoisotopic (exact) mass is 351 g/mol. The second kappa shape index (κ2) is 7.22. The van der Waals surface area contributed by atoms with E-state index in [-0.39, 0.29) is 11.7 Å². The molecule has 1 saturated heterocycles. The average Bonchev–Trinajstić information content (AvgIpc) is 3.33. The van der Waals surface area contributed by atoms with Crippen LogP contribution in [-0.2, 0) is 22.4 Å². The van der Waals surface area contributed by atoms with E-state index in [0.29, 0.717) is 25.5 Å². The van der Waals surface area contributed by atoms with Crippen molar-refractivity contribution < 1.29 is 9.47 Å². The molecule has 4 rings (SSSR count). The fourth-order valence-electron chi connectivity index (χ4n) is 2.95. The van der Waals surface area contributed by atoms with Crippen LogP contribution in [-0.4, -0.2) is 34.5 Å². The van der Waals surface area contributed by atoms with E-state index in [4.69, 9.17) is 9.47 Å².